The molecule has 5 nitrogen and oxygen atoms in total. The maximum Gasteiger partial charge on any atom is 0.417 e. The molecule has 1 aliphatic rings. The third-order valence-electron chi connectivity index (χ3n) is 3.32. The minimum absolute atomic E-state index is 0.0219. The van der Waals surface area contributed by atoms with Crippen molar-refractivity contribution in [2.75, 3.05) is 26.2 Å². The zero-order valence-electron chi connectivity index (χ0n) is 13.3. The van der Waals surface area contributed by atoms with Crippen LogP contribution in [0, 0.1) is 5.92 Å². The summed E-state index contributed by atoms with van der Waals surface area (Å²) in [4.78, 5) is 8.07. The molecule has 0 amide bonds. The van der Waals surface area contributed by atoms with Gasteiger partial charge in [0, 0.05) is 19.3 Å². The first-order valence-electron chi connectivity index (χ1n) is 7.78. The molecule has 2 rings (SSSR count). The lowest BCUT2D eigenvalue weighted by Gasteiger charge is -2.13. The normalized spacial score (nSPS) is 15.3. The second kappa shape index (κ2) is 8.41. The second-order valence-electron chi connectivity index (χ2n) is 5.45. The number of aliphatic imine (C=N–C) groups is 1. The summed E-state index contributed by atoms with van der Waals surface area (Å²) in [5.74, 6) is 1.36. The summed E-state index contributed by atoms with van der Waals surface area (Å²) in [5.41, 5.74) is -0.903. The van der Waals surface area contributed by atoms with Gasteiger partial charge in [-0.25, -0.2) is 4.98 Å². The van der Waals surface area contributed by atoms with Crippen LogP contribution < -0.4 is 15.4 Å². The molecule has 1 saturated carbocycles. The fourth-order valence-corrected chi connectivity index (χ4v) is 2.09. The van der Waals surface area contributed by atoms with Crippen molar-refractivity contribution < 1.29 is 17.9 Å². The van der Waals surface area contributed by atoms with Crippen LogP contribution in [0.2, 0.25) is 5.02 Å². The fourth-order valence-electron chi connectivity index (χ4n) is 1.87. The van der Waals surface area contributed by atoms with Gasteiger partial charge in [-0.1, -0.05) is 11.6 Å². The van der Waals surface area contributed by atoms with Crippen LogP contribution in [0.25, 0.3) is 0 Å². The summed E-state index contributed by atoms with van der Waals surface area (Å²) in [5, 5.41) is 6.04. The number of nitrogens with one attached hydrogen (secondary N) is 2. The molecule has 2 N–H and O–H groups in total. The Morgan fingerprint density at radius 1 is 1.42 bits per heavy atom. The van der Waals surface area contributed by atoms with Crippen LogP contribution in [-0.4, -0.2) is 37.2 Å². The molecule has 0 saturated heterocycles. The number of hydrogen-bond donors (Lipinski definition) is 2. The Balaban J connectivity index is 1.79. The quantitative estimate of drug-likeness (QED) is 0.443. The topological polar surface area (TPSA) is 58.5 Å². The van der Waals surface area contributed by atoms with Gasteiger partial charge in [-0.05, 0) is 31.7 Å². The number of hydrogen-bond acceptors (Lipinski definition) is 3. The highest BCUT2D eigenvalue weighted by atomic mass is 35.5. The highest BCUT2D eigenvalue weighted by Gasteiger charge is 2.31. The van der Waals surface area contributed by atoms with E-state index in [0.717, 1.165) is 19.2 Å². The number of pyridine rings is 1. The van der Waals surface area contributed by atoms with E-state index in [4.69, 9.17) is 16.3 Å². The first-order valence-corrected chi connectivity index (χ1v) is 8.15. The molecule has 134 valence electrons. The maximum atomic E-state index is 12.5. The van der Waals surface area contributed by atoms with E-state index < -0.39 is 11.7 Å². The molecular weight excluding hydrogens is 345 g/mol. The smallest absolute Gasteiger partial charge is 0.417 e. The summed E-state index contributed by atoms with van der Waals surface area (Å²) in [7, 11) is 0. The van der Waals surface area contributed by atoms with Crippen molar-refractivity contribution in [3.63, 3.8) is 0 Å². The predicted molar refractivity (Wildman–Crippen MR) is 86.4 cm³/mol. The van der Waals surface area contributed by atoms with E-state index in [1.54, 1.807) is 0 Å². The first kappa shape index (κ1) is 18.6. The molecule has 1 aliphatic carbocycles. The van der Waals surface area contributed by atoms with Gasteiger partial charge in [-0.3, -0.25) is 4.99 Å². The van der Waals surface area contributed by atoms with Crippen LogP contribution in [-0.2, 0) is 6.18 Å². The van der Waals surface area contributed by atoms with Crippen molar-refractivity contribution >= 4 is 17.6 Å². The zero-order valence-corrected chi connectivity index (χ0v) is 14.0. The molecule has 0 unspecified atom stereocenters. The Kier molecular flexibility index (Phi) is 6.53. The summed E-state index contributed by atoms with van der Waals surface area (Å²) < 4.78 is 42.9. The van der Waals surface area contributed by atoms with E-state index in [2.05, 4.69) is 20.6 Å². The molecule has 1 aromatic rings. The number of guanidine groups is 1. The van der Waals surface area contributed by atoms with Gasteiger partial charge in [-0.2, -0.15) is 13.2 Å². The number of aromatic nitrogens is 1. The lowest BCUT2D eigenvalue weighted by atomic mass is 10.3. The molecule has 0 radical (unpaired) electrons. The van der Waals surface area contributed by atoms with E-state index in [1.807, 2.05) is 6.92 Å². The monoisotopic (exact) mass is 364 g/mol. The van der Waals surface area contributed by atoms with Crippen molar-refractivity contribution in [2.24, 2.45) is 10.9 Å². The molecule has 1 aromatic heterocycles. The van der Waals surface area contributed by atoms with Gasteiger partial charge in [-0.15, -0.1) is 0 Å². The van der Waals surface area contributed by atoms with Crippen molar-refractivity contribution in [3.8, 4) is 5.88 Å². The van der Waals surface area contributed by atoms with Gasteiger partial charge in [0.05, 0.1) is 12.1 Å². The summed E-state index contributed by atoms with van der Waals surface area (Å²) in [6.45, 7) is 4.13. The van der Waals surface area contributed by atoms with Crippen molar-refractivity contribution in [1.82, 2.24) is 15.6 Å². The van der Waals surface area contributed by atoms with Crippen LogP contribution in [0.1, 0.15) is 25.3 Å². The molecule has 0 spiro atoms. The van der Waals surface area contributed by atoms with E-state index in [1.165, 1.54) is 12.8 Å². The van der Waals surface area contributed by atoms with Gasteiger partial charge < -0.3 is 15.4 Å². The average Bonchev–Trinajstić information content (AvgIpc) is 3.33. The van der Waals surface area contributed by atoms with Crippen LogP contribution >= 0.6 is 11.6 Å². The third-order valence-corrected chi connectivity index (χ3v) is 3.59. The van der Waals surface area contributed by atoms with Gasteiger partial charge in [0.1, 0.15) is 11.6 Å². The van der Waals surface area contributed by atoms with E-state index in [-0.39, 0.29) is 17.5 Å². The SMILES string of the molecule is CCNC(=NCC1CC1)NCCOc1ncc(C(F)(F)F)cc1Cl. The summed E-state index contributed by atoms with van der Waals surface area (Å²) >= 11 is 5.77. The lowest BCUT2D eigenvalue weighted by molar-refractivity contribution is -0.137. The fraction of sp³-hybridized carbons (Fsp3) is 0.600. The van der Waals surface area contributed by atoms with Crippen molar-refractivity contribution in [1.29, 1.82) is 0 Å². The second-order valence-corrected chi connectivity index (χ2v) is 5.85. The van der Waals surface area contributed by atoms with E-state index in [9.17, 15) is 13.2 Å². The molecule has 9 heteroatoms. The van der Waals surface area contributed by atoms with Gasteiger partial charge >= 0.3 is 6.18 Å². The minimum Gasteiger partial charge on any atom is -0.475 e. The minimum atomic E-state index is -4.48. The Labute approximate surface area is 143 Å². The molecule has 0 aromatic carbocycles. The largest absolute Gasteiger partial charge is 0.475 e. The molecule has 0 aliphatic heterocycles. The van der Waals surface area contributed by atoms with E-state index in [0.29, 0.717) is 24.6 Å². The molecular formula is C15H20ClF3N4O. The first-order chi connectivity index (χ1) is 11.4. The summed E-state index contributed by atoms with van der Waals surface area (Å²) in [6.07, 6.45) is -1.32. The van der Waals surface area contributed by atoms with E-state index >= 15 is 0 Å². The molecule has 0 bridgehead atoms. The number of rotatable bonds is 7. The highest BCUT2D eigenvalue weighted by molar-refractivity contribution is 6.31. The van der Waals surface area contributed by atoms with Gasteiger partial charge in [0.25, 0.3) is 0 Å². The molecule has 24 heavy (non-hydrogen) atoms. The standard InChI is InChI=1S/C15H20ClF3N4O/c1-2-20-14(23-8-10-3-4-10)21-5-6-24-13-12(16)7-11(9-22-13)15(17,18)19/h7,9-10H,2-6,8H2,1H3,(H2,20,21,23). The van der Waals surface area contributed by atoms with Crippen LogP contribution in [0.3, 0.4) is 0 Å². The Morgan fingerprint density at radius 3 is 2.75 bits per heavy atom. The van der Waals surface area contributed by atoms with Gasteiger partial charge in [0.2, 0.25) is 5.88 Å². The van der Waals surface area contributed by atoms with Crippen LogP contribution in [0.15, 0.2) is 17.3 Å². The lowest BCUT2D eigenvalue weighted by Crippen LogP contribution is -2.39. The van der Waals surface area contributed by atoms with Gasteiger partial charge in [0.15, 0.2) is 5.96 Å². The highest BCUT2D eigenvalue weighted by Crippen LogP contribution is 2.33. The number of halogens is 4. The maximum absolute atomic E-state index is 12.5. The average molecular weight is 365 g/mol. The molecule has 1 heterocycles. The Hall–Kier alpha value is -1.70. The van der Waals surface area contributed by atoms with Crippen LogP contribution in [0.5, 0.6) is 5.88 Å². The van der Waals surface area contributed by atoms with Crippen molar-refractivity contribution in [2.45, 2.75) is 25.9 Å². The number of nitrogens with zero attached hydrogens (tertiary/aromatic N) is 2. The molecule has 0 atom stereocenters. The Bertz CT molecular complexity index is 576. The molecule has 1 fully saturated rings. The van der Waals surface area contributed by atoms with Crippen LogP contribution in [0.4, 0.5) is 13.2 Å². The third kappa shape index (κ3) is 6.07. The number of alkyl halides is 3. The Morgan fingerprint density at radius 2 is 2.17 bits per heavy atom. The summed E-state index contributed by atoms with van der Waals surface area (Å²) in [6, 6.07) is 0.804. The van der Waals surface area contributed by atoms with Crippen molar-refractivity contribution in [3.05, 3.63) is 22.8 Å². The predicted octanol–water partition coefficient (Wildman–Crippen LogP) is 3.10. The number of ether oxygens (including phenoxy) is 1. The zero-order chi connectivity index (χ0) is 17.6.